The number of carbonyl (C=O) groups is 1. The Morgan fingerprint density at radius 3 is 2.52 bits per heavy atom. The fraction of sp³-hybridized carbons (Fsp3) is 0.318. The van der Waals surface area contributed by atoms with Crippen LogP contribution in [0.25, 0.3) is 5.82 Å². The van der Waals surface area contributed by atoms with E-state index in [-0.39, 0.29) is 5.91 Å². The van der Waals surface area contributed by atoms with E-state index in [4.69, 9.17) is 5.10 Å². The quantitative estimate of drug-likeness (QED) is 0.726. The van der Waals surface area contributed by atoms with Crippen molar-refractivity contribution in [2.45, 2.75) is 44.4 Å². The molecule has 5 heteroatoms. The van der Waals surface area contributed by atoms with E-state index in [2.05, 4.69) is 16.4 Å². The summed E-state index contributed by atoms with van der Waals surface area (Å²) in [4.78, 5) is 17.1. The summed E-state index contributed by atoms with van der Waals surface area (Å²) in [5, 5.41) is 7.76. The number of para-hydroxylation sites is 1. The number of nitrogens with one attached hydrogen (secondary N) is 1. The molecule has 136 valence electrons. The molecule has 0 saturated heterocycles. The molecule has 2 aromatic heterocycles. The van der Waals surface area contributed by atoms with Crippen LogP contribution in [-0.2, 0) is 0 Å². The van der Waals surface area contributed by atoms with Crippen LogP contribution < -0.4 is 5.32 Å². The molecule has 1 N–H and O–H groups in total. The Balaban J connectivity index is 1.39. The van der Waals surface area contributed by atoms with Crippen LogP contribution in [0.15, 0.2) is 48.7 Å². The van der Waals surface area contributed by atoms with E-state index in [0.717, 1.165) is 17.1 Å². The van der Waals surface area contributed by atoms with Crippen LogP contribution in [0.1, 0.15) is 64.8 Å². The van der Waals surface area contributed by atoms with Crippen molar-refractivity contribution in [3.05, 3.63) is 71.2 Å². The Bertz CT molecular complexity index is 997. The van der Waals surface area contributed by atoms with Crippen molar-refractivity contribution >= 4 is 11.6 Å². The summed E-state index contributed by atoms with van der Waals surface area (Å²) in [6, 6.07) is 13.7. The summed E-state index contributed by atoms with van der Waals surface area (Å²) < 4.78 is 1.98. The lowest BCUT2D eigenvalue weighted by Gasteiger charge is -2.09. The van der Waals surface area contributed by atoms with Crippen molar-refractivity contribution < 1.29 is 4.79 Å². The van der Waals surface area contributed by atoms with Gasteiger partial charge in [0.25, 0.3) is 5.91 Å². The number of aryl methyl sites for hydroxylation is 1. The van der Waals surface area contributed by atoms with Crippen molar-refractivity contribution in [3.63, 3.8) is 0 Å². The average Bonchev–Trinajstić information content (AvgIpc) is 3.62. The van der Waals surface area contributed by atoms with E-state index in [1.54, 1.807) is 6.20 Å². The highest BCUT2D eigenvalue weighted by molar-refractivity contribution is 6.04. The number of hydrogen-bond donors (Lipinski definition) is 1. The van der Waals surface area contributed by atoms with E-state index in [1.165, 1.54) is 37.1 Å². The minimum atomic E-state index is -0.148. The molecule has 2 heterocycles. The summed E-state index contributed by atoms with van der Waals surface area (Å²) in [5.74, 6) is 1.87. The van der Waals surface area contributed by atoms with E-state index in [0.29, 0.717) is 17.4 Å². The molecular weight excluding hydrogens is 336 g/mol. The maximum Gasteiger partial charge on any atom is 0.257 e. The van der Waals surface area contributed by atoms with Gasteiger partial charge in [-0.05, 0) is 62.4 Å². The molecule has 5 nitrogen and oxygen atoms in total. The van der Waals surface area contributed by atoms with Gasteiger partial charge in [0.2, 0.25) is 0 Å². The number of rotatable bonds is 5. The number of pyridine rings is 1. The van der Waals surface area contributed by atoms with Gasteiger partial charge < -0.3 is 5.32 Å². The SMILES string of the molecule is Cc1ccccc1NC(=O)c1ccc(-n2nc(C3CC3)cc2C2CC2)nc1. The van der Waals surface area contributed by atoms with Crippen LogP contribution in [0.5, 0.6) is 0 Å². The van der Waals surface area contributed by atoms with Crippen molar-refractivity contribution in [3.8, 4) is 5.82 Å². The second kappa shape index (κ2) is 6.34. The summed E-state index contributed by atoms with van der Waals surface area (Å²) in [6.07, 6.45) is 6.58. The van der Waals surface area contributed by atoms with Crippen molar-refractivity contribution in [2.75, 3.05) is 5.32 Å². The van der Waals surface area contributed by atoms with E-state index < -0.39 is 0 Å². The highest BCUT2D eigenvalue weighted by Gasteiger charge is 2.33. The van der Waals surface area contributed by atoms with Crippen molar-refractivity contribution in [1.82, 2.24) is 14.8 Å². The Morgan fingerprint density at radius 2 is 1.85 bits per heavy atom. The van der Waals surface area contributed by atoms with E-state index >= 15 is 0 Å². The summed E-state index contributed by atoms with van der Waals surface area (Å²) in [5.41, 5.74) is 4.86. The minimum absolute atomic E-state index is 0.148. The van der Waals surface area contributed by atoms with E-state index in [1.807, 2.05) is 48.0 Å². The fourth-order valence-electron chi connectivity index (χ4n) is 3.40. The van der Waals surface area contributed by atoms with Gasteiger partial charge in [-0.25, -0.2) is 9.67 Å². The monoisotopic (exact) mass is 358 g/mol. The average molecular weight is 358 g/mol. The van der Waals surface area contributed by atoms with Crippen LogP contribution in [0.3, 0.4) is 0 Å². The summed E-state index contributed by atoms with van der Waals surface area (Å²) in [6.45, 7) is 1.98. The van der Waals surface area contributed by atoms with Crippen molar-refractivity contribution in [2.24, 2.45) is 0 Å². The van der Waals surface area contributed by atoms with Crippen LogP contribution in [-0.4, -0.2) is 20.7 Å². The van der Waals surface area contributed by atoms with Crippen molar-refractivity contribution in [1.29, 1.82) is 0 Å². The zero-order chi connectivity index (χ0) is 18.4. The molecule has 2 saturated carbocycles. The topological polar surface area (TPSA) is 59.8 Å². The van der Waals surface area contributed by atoms with Gasteiger partial charge in [0.1, 0.15) is 0 Å². The number of amides is 1. The van der Waals surface area contributed by atoms with Crippen LogP contribution >= 0.6 is 0 Å². The van der Waals surface area contributed by atoms with Gasteiger partial charge in [0.15, 0.2) is 5.82 Å². The summed E-state index contributed by atoms with van der Waals surface area (Å²) >= 11 is 0. The lowest BCUT2D eigenvalue weighted by atomic mass is 10.2. The number of aromatic nitrogens is 3. The fourth-order valence-corrected chi connectivity index (χ4v) is 3.40. The number of hydrogen-bond acceptors (Lipinski definition) is 3. The third kappa shape index (κ3) is 3.25. The molecule has 1 aromatic carbocycles. The Labute approximate surface area is 158 Å². The first-order valence-electron chi connectivity index (χ1n) is 9.62. The number of nitrogens with zero attached hydrogens (tertiary/aromatic N) is 3. The molecule has 0 spiro atoms. The largest absolute Gasteiger partial charge is 0.322 e. The molecule has 5 rings (SSSR count). The zero-order valence-electron chi connectivity index (χ0n) is 15.4. The van der Waals surface area contributed by atoms with Gasteiger partial charge in [-0.15, -0.1) is 0 Å². The molecule has 0 radical (unpaired) electrons. The minimum Gasteiger partial charge on any atom is -0.322 e. The molecule has 2 aliphatic carbocycles. The standard InChI is InChI=1S/C22H22N4O/c1-14-4-2-3-5-18(14)24-22(27)17-10-11-21(23-13-17)26-20(16-8-9-16)12-19(25-26)15-6-7-15/h2-5,10-13,15-16H,6-9H2,1H3,(H,24,27). The molecule has 2 fully saturated rings. The lowest BCUT2D eigenvalue weighted by molar-refractivity contribution is 0.102. The van der Waals surface area contributed by atoms with Gasteiger partial charge in [-0.2, -0.15) is 5.10 Å². The normalized spacial score (nSPS) is 16.3. The maximum atomic E-state index is 12.5. The molecule has 3 aromatic rings. The van der Waals surface area contributed by atoms with Crippen LogP contribution in [0, 0.1) is 6.92 Å². The maximum absolute atomic E-state index is 12.5. The van der Waals surface area contributed by atoms with Crippen LogP contribution in [0.4, 0.5) is 5.69 Å². The van der Waals surface area contributed by atoms with Crippen LogP contribution in [0.2, 0.25) is 0 Å². The van der Waals surface area contributed by atoms with E-state index in [9.17, 15) is 4.79 Å². The molecule has 0 unspecified atom stereocenters. The number of anilines is 1. The first kappa shape index (κ1) is 16.2. The molecule has 1 amide bonds. The zero-order valence-corrected chi connectivity index (χ0v) is 15.4. The molecule has 0 atom stereocenters. The molecule has 0 bridgehead atoms. The number of benzene rings is 1. The predicted octanol–water partition coefficient (Wildman–Crippen LogP) is 4.58. The second-order valence-corrected chi connectivity index (χ2v) is 7.63. The second-order valence-electron chi connectivity index (χ2n) is 7.63. The Morgan fingerprint density at radius 1 is 1.07 bits per heavy atom. The third-order valence-corrected chi connectivity index (χ3v) is 5.37. The van der Waals surface area contributed by atoms with Gasteiger partial charge in [-0.3, -0.25) is 4.79 Å². The molecule has 0 aliphatic heterocycles. The smallest absolute Gasteiger partial charge is 0.257 e. The van der Waals surface area contributed by atoms with Gasteiger partial charge in [-0.1, -0.05) is 18.2 Å². The lowest BCUT2D eigenvalue weighted by Crippen LogP contribution is -2.13. The predicted molar refractivity (Wildman–Crippen MR) is 104 cm³/mol. The summed E-state index contributed by atoms with van der Waals surface area (Å²) in [7, 11) is 0. The highest BCUT2D eigenvalue weighted by Crippen LogP contribution is 2.45. The van der Waals surface area contributed by atoms with Gasteiger partial charge in [0.05, 0.1) is 11.3 Å². The Kier molecular flexibility index (Phi) is 3.81. The van der Waals surface area contributed by atoms with Gasteiger partial charge >= 0.3 is 0 Å². The van der Waals surface area contributed by atoms with Gasteiger partial charge in [0, 0.05) is 29.4 Å². The molecule has 2 aliphatic rings. The first-order chi connectivity index (χ1) is 13.2. The molecular formula is C22H22N4O. The Hall–Kier alpha value is -2.95. The highest BCUT2D eigenvalue weighted by atomic mass is 16.1. The number of carbonyl (C=O) groups excluding carboxylic acids is 1. The third-order valence-electron chi connectivity index (χ3n) is 5.37. The first-order valence-corrected chi connectivity index (χ1v) is 9.62. The molecule has 27 heavy (non-hydrogen) atoms.